The minimum atomic E-state index is -3.59. The lowest BCUT2D eigenvalue weighted by atomic mass is 10.2. The molecule has 2 aromatic rings. The Kier molecular flexibility index (Phi) is 2.99. The second-order valence-corrected chi connectivity index (χ2v) is 5.41. The molecule has 2 N–H and O–H groups in total. The molecule has 0 aliphatic rings. The molecule has 2 rings (SSSR count). The lowest BCUT2D eigenvalue weighted by molar-refractivity contribution is 0.563. The van der Waals surface area contributed by atoms with Crippen molar-refractivity contribution in [2.45, 2.75) is 18.0 Å². The summed E-state index contributed by atoms with van der Waals surface area (Å²) in [5.41, 5.74) is 0.768. The van der Waals surface area contributed by atoms with E-state index < -0.39 is 10.0 Å². The number of rotatable bonds is 4. The van der Waals surface area contributed by atoms with Crippen molar-refractivity contribution in [3.8, 4) is 0 Å². The van der Waals surface area contributed by atoms with Gasteiger partial charge in [0.25, 0.3) is 10.0 Å². The summed E-state index contributed by atoms with van der Waals surface area (Å²) < 4.78 is 28.0. The van der Waals surface area contributed by atoms with Crippen LogP contribution in [0.4, 0.5) is 0 Å². The number of hydrogen-bond acceptors (Lipinski definition) is 4. The van der Waals surface area contributed by atoms with Gasteiger partial charge in [0, 0.05) is 31.0 Å². The molecule has 0 fully saturated rings. The minimum absolute atomic E-state index is 0.00958. The van der Waals surface area contributed by atoms with Crippen molar-refractivity contribution in [3.63, 3.8) is 0 Å². The highest BCUT2D eigenvalue weighted by Crippen LogP contribution is 2.13. The highest BCUT2D eigenvalue weighted by molar-refractivity contribution is 7.89. The summed E-state index contributed by atoms with van der Waals surface area (Å²) in [6, 6.07) is -0.360. The predicted octanol–water partition coefficient (Wildman–Crippen LogP) is 0.183. The van der Waals surface area contributed by atoms with Gasteiger partial charge in [-0.25, -0.2) is 18.1 Å². The van der Waals surface area contributed by atoms with Crippen LogP contribution in [0.1, 0.15) is 18.5 Å². The van der Waals surface area contributed by atoms with Crippen LogP contribution in [-0.2, 0) is 17.1 Å². The van der Waals surface area contributed by atoms with Gasteiger partial charge in [0.15, 0.2) is 5.03 Å². The first-order valence-corrected chi connectivity index (χ1v) is 6.46. The normalized spacial score (nSPS) is 13.8. The highest BCUT2D eigenvalue weighted by Gasteiger charge is 2.20. The number of hydrogen-bond donors (Lipinski definition) is 2. The van der Waals surface area contributed by atoms with Crippen molar-refractivity contribution in [1.82, 2.24) is 24.5 Å². The molecule has 0 radical (unpaired) electrons. The molecule has 8 heteroatoms. The van der Waals surface area contributed by atoms with E-state index in [9.17, 15) is 8.42 Å². The first kappa shape index (κ1) is 11.8. The van der Waals surface area contributed by atoms with Crippen LogP contribution in [0.2, 0.25) is 0 Å². The fourth-order valence-corrected chi connectivity index (χ4v) is 2.60. The first-order chi connectivity index (χ1) is 7.99. The van der Waals surface area contributed by atoms with Crippen molar-refractivity contribution in [2.24, 2.45) is 7.05 Å². The second-order valence-electron chi connectivity index (χ2n) is 3.75. The molecule has 0 aliphatic heterocycles. The maximum absolute atomic E-state index is 11.9. The van der Waals surface area contributed by atoms with Crippen LogP contribution in [0.3, 0.4) is 0 Å². The highest BCUT2D eigenvalue weighted by atomic mass is 32.2. The molecule has 2 aromatic heterocycles. The number of aryl methyl sites for hydroxylation is 1. The van der Waals surface area contributed by atoms with Gasteiger partial charge >= 0.3 is 0 Å². The van der Waals surface area contributed by atoms with Crippen molar-refractivity contribution in [1.29, 1.82) is 0 Å². The third-order valence-electron chi connectivity index (χ3n) is 2.31. The van der Waals surface area contributed by atoms with E-state index in [1.54, 1.807) is 30.9 Å². The number of imidazole rings is 1. The lowest BCUT2D eigenvalue weighted by Gasteiger charge is -2.10. The topological polar surface area (TPSA) is 92.7 Å². The standard InChI is InChI=1S/C9H13N5O2S/c1-7(8-3-11-12-4-8)13-17(15,16)9-5-14(2)6-10-9/h3-7,13H,1-2H3,(H,11,12). The summed E-state index contributed by atoms with van der Waals surface area (Å²) in [7, 11) is -1.87. The van der Waals surface area contributed by atoms with Crippen molar-refractivity contribution in [3.05, 3.63) is 30.5 Å². The van der Waals surface area contributed by atoms with E-state index >= 15 is 0 Å². The van der Waals surface area contributed by atoms with Crippen LogP contribution in [-0.4, -0.2) is 28.2 Å². The SMILES string of the molecule is CC(NS(=O)(=O)c1cn(C)cn1)c1cn[nH]c1. The van der Waals surface area contributed by atoms with Crippen LogP contribution in [0.25, 0.3) is 0 Å². The number of nitrogens with one attached hydrogen (secondary N) is 2. The summed E-state index contributed by atoms with van der Waals surface area (Å²) >= 11 is 0. The Hall–Kier alpha value is -1.67. The summed E-state index contributed by atoms with van der Waals surface area (Å²) in [6.07, 6.45) is 6.11. The van der Waals surface area contributed by atoms with Crippen LogP contribution >= 0.6 is 0 Å². The van der Waals surface area contributed by atoms with Crippen molar-refractivity contribution < 1.29 is 8.42 Å². The van der Waals surface area contributed by atoms with E-state index in [4.69, 9.17) is 0 Å². The first-order valence-electron chi connectivity index (χ1n) is 4.98. The molecule has 0 aromatic carbocycles. The zero-order valence-corrected chi connectivity index (χ0v) is 10.3. The molecule has 0 saturated heterocycles. The van der Waals surface area contributed by atoms with Gasteiger partial charge in [-0.15, -0.1) is 0 Å². The van der Waals surface area contributed by atoms with Gasteiger partial charge < -0.3 is 4.57 Å². The van der Waals surface area contributed by atoms with Gasteiger partial charge in [-0.1, -0.05) is 0 Å². The number of aromatic nitrogens is 4. The Balaban J connectivity index is 2.18. The molecule has 17 heavy (non-hydrogen) atoms. The summed E-state index contributed by atoms with van der Waals surface area (Å²) in [5.74, 6) is 0. The molecule has 92 valence electrons. The third kappa shape index (κ3) is 2.53. The van der Waals surface area contributed by atoms with E-state index in [0.29, 0.717) is 0 Å². The summed E-state index contributed by atoms with van der Waals surface area (Å²) in [6.45, 7) is 1.74. The van der Waals surface area contributed by atoms with E-state index in [1.165, 1.54) is 12.5 Å². The zero-order chi connectivity index (χ0) is 12.5. The fraction of sp³-hybridized carbons (Fsp3) is 0.333. The average Bonchev–Trinajstić information content (AvgIpc) is 2.86. The van der Waals surface area contributed by atoms with E-state index in [1.807, 2.05) is 0 Å². The fourth-order valence-electron chi connectivity index (χ4n) is 1.39. The Morgan fingerprint density at radius 2 is 2.29 bits per heavy atom. The average molecular weight is 255 g/mol. The molecule has 0 saturated carbocycles. The molecular weight excluding hydrogens is 242 g/mol. The Morgan fingerprint density at radius 3 is 2.82 bits per heavy atom. The molecule has 0 bridgehead atoms. The number of nitrogens with zero attached hydrogens (tertiary/aromatic N) is 3. The minimum Gasteiger partial charge on any atom is -0.339 e. The largest absolute Gasteiger partial charge is 0.339 e. The number of aromatic amines is 1. The molecule has 0 aliphatic carbocycles. The van der Waals surface area contributed by atoms with Gasteiger partial charge in [-0.05, 0) is 6.92 Å². The van der Waals surface area contributed by atoms with E-state index in [0.717, 1.165) is 5.56 Å². The van der Waals surface area contributed by atoms with Crippen molar-refractivity contribution in [2.75, 3.05) is 0 Å². The molecule has 7 nitrogen and oxygen atoms in total. The molecule has 2 heterocycles. The molecular formula is C9H13N5O2S. The zero-order valence-electron chi connectivity index (χ0n) is 9.45. The van der Waals surface area contributed by atoms with Gasteiger partial charge in [0.2, 0.25) is 0 Å². The lowest BCUT2D eigenvalue weighted by Crippen LogP contribution is -2.27. The monoisotopic (exact) mass is 255 g/mol. The molecule has 1 unspecified atom stereocenters. The quantitative estimate of drug-likeness (QED) is 0.815. The third-order valence-corrected chi connectivity index (χ3v) is 3.73. The van der Waals surface area contributed by atoms with Gasteiger partial charge in [0.05, 0.1) is 12.5 Å². The van der Waals surface area contributed by atoms with Crippen molar-refractivity contribution >= 4 is 10.0 Å². The van der Waals surface area contributed by atoms with E-state index in [-0.39, 0.29) is 11.1 Å². The van der Waals surface area contributed by atoms with Crippen LogP contribution < -0.4 is 4.72 Å². The smallest absolute Gasteiger partial charge is 0.260 e. The summed E-state index contributed by atoms with van der Waals surface area (Å²) in [4.78, 5) is 3.81. The molecule has 0 spiro atoms. The summed E-state index contributed by atoms with van der Waals surface area (Å²) in [5, 5.41) is 6.42. The van der Waals surface area contributed by atoms with Crippen LogP contribution in [0.15, 0.2) is 29.9 Å². The molecule has 1 atom stereocenters. The maximum Gasteiger partial charge on any atom is 0.260 e. The Morgan fingerprint density at radius 1 is 1.53 bits per heavy atom. The van der Waals surface area contributed by atoms with Gasteiger partial charge in [-0.2, -0.15) is 5.10 Å². The predicted molar refractivity (Wildman–Crippen MR) is 60.5 cm³/mol. The second kappa shape index (κ2) is 4.30. The Labute approximate surface area is 98.9 Å². The van der Waals surface area contributed by atoms with Gasteiger partial charge in [-0.3, -0.25) is 5.10 Å². The van der Waals surface area contributed by atoms with Crippen LogP contribution in [0, 0.1) is 0 Å². The molecule has 0 amide bonds. The number of H-pyrrole nitrogens is 1. The van der Waals surface area contributed by atoms with Gasteiger partial charge in [0.1, 0.15) is 0 Å². The Bertz CT molecular complexity index is 587. The van der Waals surface area contributed by atoms with E-state index in [2.05, 4.69) is 19.9 Å². The maximum atomic E-state index is 11.9. The number of sulfonamides is 1. The van der Waals surface area contributed by atoms with Crippen LogP contribution in [0.5, 0.6) is 0 Å².